The van der Waals surface area contributed by atoms with E-state index in [4.69, 9.17) is 4.74 Å². The zero-order valence-corrected chi connectivity index (χ0v) is 14.5. The van der Waals surface area contributed by atoms with Crippen LogP contribution in [0.1, 0.15) is 49.1 Å². The molecule has 2 heterocycles. The Hall–Kier alpha value is -1.52. The summed E-state index contributed by atoms with van der Waals surface area (Å²) >= 11 is 1.84. The van der Waals surface area contributed by atoms with Gasteiger partial charge in [-0.2, -0.15) is 0 Å². The van der Waals surface area contributed by atoms with Crippen molar-refractivity contribution in [1.82, 2.24) is 4.90 Å². The monoisotopic (exact) mass is 331 g/mol. The molecule has 0 bridgehead atoms. The molecule has 1 fully saturated rings. The first-order valence-electron chi connectivity index (χ1n) is 8.50. The number of nitrogens with zero attached hydrogens (tertiary/aromatic N) is 1. The van der Waals surface area contributed by atoms with Crippen molar-refractivity contribution in [2.45, 2.75) is 45.2 Å². The van der Waals surface area contributed by atoms with Crippen molar-refractivity contribution in [1.29, 1.82) is 0 Å². The molecule has 124 valence electrons. The summed E-state index contributed by atoms with van der Waals surface area (Å²) in [6, 6.07) is 10.7. The first kappa shape index (κ1) is 16.3. The molecule has 0 saturated carbocycles. The average molecular weight is 331 g/mol. The van der Waals surface area contributed by atoms with Crippen LogP contribution >= 0.6 is 11.3 Å². The Morgan fingerprint density at radius 2 is 2.13 bits per heavy atom. The maximum atomic E-state index is 10.5. The number of phenolic OH excluding ortho intramolecular Hbond substituents is 1. The second kappa shape index (κ2) is 7.84. The summed E-state index contributed by atoms with van der Waals surface area (Å²) < 4.78 is 5.52. The second-order valence-electron chi connectivity index (χ2n) is 6.05. The number of rotatable bonds is 5. The van der Waals surface area contributed by atoms with Crippen molar-refractivity contribution >= 4 is 11.3 Å². The first-order valence-corrected chi connectivity index (χ1v) is 9.38. The van der Waals surface area contributed by atoms with E-state index in [0.717, 1.165) is 18.7 Å². The molecule has 1 saturated heterocycles. The van der Waals surface area contributed by atoms with Gasteiger partial charge in [0.25, 0.3) is 0 Å². The van der Waals surface area contributed by atoms with E-state index in [1.54, 1.807) is 0 Å². The third-order valence-corrected chi connectivity index (χ3v) is 5.46. The van der Waals surface area contributed by atoms with Crippen LogP contribution in [0.15, 0.2) is 35.7 Å². The zero-order valence-electron chi connectivity index (χ0n) is 13.7. The molecule has 3 rings (SSSR count). The lowest BCUT2D eigenvalue weighted by molar-refractivity contribution is 0.192. The molecule has 1 aromatic heterocycles. The summed E-state index contributed by atoms with van der Waals surface area (Å²) in [7, 11) is 0. The average Bonchev–Trinajstić information content (AvgIpc) is 2.99. The van der Waals surface area contributed by atoms with Crippen LogP contribution in [0.2, 0.25) is 0 Å². The number of para-hydroxylation sites is 1. The summed E-state index contributed by atoms with van der Waals surface area (Å²) in [6.07, 6.45) is 5.01. The van der Waals surface area contributed by atoms with Crippen molar-refractivity contribution in [2.24, 2.45) is 0 Å². The van der Waals surface area contributed by atoms with Gasteiger partial charge in [0.1, 0.15) is 0 Å². The molecule has 1 unspecified atom stereocenters. The Morgan fingerprint density at radius 3 is 2.91 bits per heavy atom. The minimum atomic E-state index is 0.295. The van der Waals surface area contributed by atoms with Gasteiger partial charge in [0.05, 0.1) is 6.61 Å². The molecular formula is C19H25NO2S. The van der Waals surface area contributed by atoms with E-state index in [1.165, 1.54) is 30.6 Å². The number of thiophene rings is 1. The van der Waals surface area contributed by atoms with Gasteiger partial charge in [-0.1, -0.05) is 31.0 Å². The lowest BCUT2D eigenvalue weighted by Gasteiger charge is -2.29. The smallest absolute Gasteiger partial charge is 0.162 e. The van der Waals surface area contributed by atoms with Crippen LogP contribution in [0.3, 0.4) is 0 Å². The molecule has 1 atom stereocenters. The third kappa shape index (κ3) is 3.88. The maximum Gasteiger partial charge on any atom is 0.162 e. The van der Waals surface area contributed by atoms with Gasteiger partial charge in [-0.05, 0) is 43.8 Å². The van der Waals surface area contributed by atoms with Gasteiger partial charge in [0.2, 0.25) is 0 Å². The van der Waals surface area contributed by atoms with Gasteiger partial charge in [-0.15, -0.1) is 11.3 Å². The molecule has 0 aliphatic carbocycles. The molecule has 1 aromatic carbocycles. The highest BCUT2D eigenvalue weighted by atomic mass is 32.1. The van der Waals surface area contributed by atoms with E-state index in [1.807, 2.05) is 36.5 Å². The van der Waals surface area contributed by atoms with E-state index < -0.39 is 0 Å². The van der Waals surface area contributed by atoms with Gasteiger partial charge in [0, 0.05) is 23.0 Å². The second-order valence-corrected chi connectivity index (χ2v) is 7.03. The molecule has 1 aliphatic heterocycles. The Balaban J connectivity index is 1.82. The summed E-state index contributed by atoms with van der Waals surface area (Å²) in [6.45, 7) is 4.36. The SMILES string of the molecule is CCOc1cccc(CN2CCCCCC2c2cccs2)c1O. The molecule has 3 nitrogen and oxygen atoms in total. The minimum absolute atomic E-state index is 0.295. The highest BCUT2D eigenvalue weighted by molar-refractivity contribution is 7.10. The van der Waals surface area contributed by atoms with Gasteiger partial charge >= 0.3 is 0 Å². The number of likely N-dealkylation sites (tertiary alicyclic amines) is 1. The predicted octanol–water partition coefficient (Wildman–Crippen LogP) is 4.97. The number of phenols is 1. The number of ether oxygens (including phenoxy) is 1. The van der Waals surface area contributed by atoms with Crippen molar-refractivity contribution < 1.29 is 9.84 Å². The number of aromatic hydroxyl groups is 1. The fourth-order valence-electron chi connectivity index (χ4n) is 3.35. The molecule has 1 aliphatic rings. The Labute approximate surface area is 142 Å². The summed E-state index contributed by atoms with van der Waals surface area (Å²) in [4.78, 5) is 3.95. The van der Waals surface area contributed by atoms with Crippen molar-refractivity contribution in [3.05, 3.63) is 46.2 Å². The van der Waals surface area contributed by atoms with E-state index in [9.17, 15) is 5.11 Å². The van der Waals surface area contributed by atoms with Gasteiger partial charge in [0.15, 0.2) is 11.5 Å². The fraction of sp³-hybridized carbons (Fsp3) is 0.474. The maximum absolute atomic E-state index is 10.5. The topological polar surface area (TPSA) is 32.7 Å². The zero-order chi connectivity index (χ0) is 16.1. The predicted molar refractivity (Wildman–Crippen MR) is 95.2 cm³/mol. The van der Waals surface area contributed by atoms with E-state index in [2.05, 4.69) is 22.4 Å². The van der Waals surface area contributed by atoms with Crippen molar-refractivity contribution in [3.63, 3.8) is 0 Å². The Morgan fingerprint density at radius 1 is 1.22 bits per heavy atom. The number of hydrogen-bond donors (Lipinski definition) is 1. The third-order valence-electron chi connectivity index (χ3n) is 4.49. The number of benzene rings is 1. The van der Waals surface area contributed by atoms with Crippen molar-refractivity contribution in [3.8, 4) is 11.5 Å². The lowest BCUT2D eigenvalue weighted by atomic mass is 10.1. The summed E-state index contributed by atoms with van der Waals surface area (Å²) in [5.41, 5.74) is 0.958. The highest BCUT2D eigenvalue weighted by Gasteiger charge is 2.24. The van der Waals surface area contributed by atoms with Crippen LogP contribution in [0, 0.1) is 0 Å². The molecule has 0 radical (unpaired) electrons. The summed E-state index contributed by atoms with van der Waals surface area (Å²) in [5.74, 6) is 0.885. The van der Waals surface area contributed by atoms with E-state index in [-0.39, 0.29) is 0 Å². The van der Waals surface area contributed by atoms with Gasteiger partial charge < -0.3 is 9.84 Å². The van der Waals surface area contributed by atoms with Gasteiger partial charge in [-0.3, -0.25) is 4.90 Å². The quantitative estimate of drug-likeness (QED) is 0.839. The van der Waals surface area contributed by atoms with Crippen molar-refractivity contribution in [2.75, 3.05) is 13.2 Å². The van der Waals surface area contributed by atoms with Crippen LogP contribution in [0.4, 0.5) is 0 Å². The summed E-state index contributed by atoms with van der Waals surface area (Å²) in [5, 5.41) is 12.6. The van der Waals surface area contributed by atoms with E-state index in [0.29, 0.717) is 24.1 Å². The van der Waals surface area contributed by atoms with Crippen LogP contribution < -0.4 is 4.74 Å². The molecule has 2 aromatic rings. The normalized spacial score (nSPS) is 19.4. The molecule has 4 heteroatoms. The minimum Gasteiger partial charge on any atom is -0.504 e. The van der Waals surface area contributed by atoms with Crippen LogP contribution in [0.25, 0.3) is 0 Å². The van der Waals surface area contributed by atoms with E-state index >= 15 is 0 Å². The first-order chi connectivity index (χ1) is 11.3. The molecule has 0 amide bonds. The van der Waals surface area contributed by atoms with Crippen LogP contribution in [-0.2, 0) is 6.54 Å². The van der Waals surface area contributed by atoms with Crippen LogP contribution in [-0.4, -0.2) is 23.2 Å². The van der Waals surface area contributed by atoms with Gasteiger partial charge in [-0.25, -0.2) is 0 Å². The van der Waals surface area contributed by atoms with Crippen LogP contribution in [0.5, 0.6) is 11.5 Å². The lowest BCUT2D eigenvalue weighted by Crippen LogP contribution is -2.27. The standard InChI is InChI=1S/C19H25NO2S/c1-2-22-17-10-6-8-15(19(17)21)14-20-12-5-3-4-9-16(20)18-11-7-13-23-18/h6-8,10-11,13,16,21H,2-5,9,12,14H2,1H3. The molecule has 23 heavy (non-hydrogen) atoms. The largest absolute Gasteiger partial charge is 0.504 e. The molecular weight excluding hydrogens is 306 g/mol. The Kier molecular flexibility index (Phi) is 5.57. The fourth-order valence-corrected chi connectivity index (χ4v) is 4.24. The highest BCUT2D eigenvalue weighted by Crippen LogP contribution is 2.36. The molecule has 0 spiro atoms. The number of hydrogen-bond acceptors (Lipinski definition) is 4. The molecule has 1 N–H and O–H groups in total. The Bertz CT molecular complexity index is 612.